The van der Waals surface area contributed by atoms with Crippen LogP contribution in [0.3, 0.4) is 0 Å². The van der Waals surface area contributed by atoms with E-state index in [0.29, 0.717) is 6.42 Å². The first-order valence-electron chi connectivity index (χ1n) is 7.33. The molecule has 0 radical (unpaired) electrons. The number of aryl methyl sites for hydroxylation is 2. The number of carbonyl (C=O) groups excluding carboxylic acids is 1. The highest BCUT2D eigenvalue weighted by Crippen LogP contribution is 2.30. The van der Waals surface area contributed by atoms with E-state index in [1.807, 2.05) is 30.3 Å². The van der Waals surface area contributed by atoms with E-state index in [9.17, 15) is 4.79 Å². The number of hydrogen-bond donors (Lipinski definition) is 1. The monoisotopic (exact) mass is 347 g/mol. The molecule has 2 aromatic rings. The Morgan fingerprint density at radius 2 is 2.19 bits per heavy atom. The van der Waals surface area contributed by atoms with Crippen LogP contribution >= 0.6 is 15.9 Å². The van der Waals surface area contributed by atoms with Crippen LogP contribution in [0, 0.1) is 0 Å². The third kappa shape index (κ3) is 3.38. The highest BCUT2D eigenvalue weighted by molar-refractivity contribution is 9.10. The van der Waals surface area contributed by atoms with Gasteiger partial charge in [-0.2, -0.15) is 0 Å². The Balaban J connectivity index is 1.57. The van der Waals surface area contributed by atoms with Crippen LogP contribution in [-0.4, -0.2) is 5.91 Å². The van der Waals surface area contributed by atoms with E-state index < -0.39 is 0 Å². The first-order valence-corrected chi connectivity index (χ1v) is 8.12. The summed E-state index contributed by atoms with van der Waals surface area (Å²) in [7, 11) is 0. The van der Waals surface area contributed by atoms with Crippen molar-refractivity contribution in [2.75, 3.05) is 0 Å². The van der Waals surface area contributed by atoms with Crippen molar-refractivity contribution in [1.29, 1.82) is 0 Å². The lowest BCUT2D eigenvalue weighted by molar-refractivity contribution is -0.121. The fourth-order valence-corrected chi connectivity index (χ4v) is 3.34. The third-order valence-electron chi connectivity index (χ3n) is 3.97. The van der Waals surface area contributed by atoms with Crippen molar-refractivity contribution in [3.8, 4) is 0 Å². The summed E-state index contributed by atoms with van der Waals surface area (Å²) in [5.41, 5.74) is 2.32. The maximum Gasteiger partial charge on any atom is 0.220 e. The van der Waals surface area contributed by atoms with Gasteiger partial charge in [0.2, 0.25) is 5.91 Å². The molecule has 1 unspecified atom stereocenters. The van der Waals surface area contributed by atoms with Crippen LogP contribution in [0.15, 0.2) is 45.5 Å². The number of carbonyl (C=O) groups is 1. The summed E-state index contributed by atoms with van der Waals surface area (Å²) in [5.74, 6) is 1.13. The summed E-state index contributed by atoms with van der Waals surface area (Å²) in [6, 6.07) is 10.1. The van der Waals surface area contributed by atoms with Gasteiger partial charge in [-0.3, -0.25) is 4.79 Å². The Kier molecular flexibility index (Phi) is 4.44. The Morgan fingerprint density at radius 1 is 1.33 bits per heavy atom. The Labute approximate surface area is 132 Å². The molecule has 1 atom stereocenters. The van der Waals surface area contributed by atoms with Crippen molar-refractivity contribution in [3.63, 3.8) is 0 Å². The predicted octanol–water partition coefficient (Wildman–Crippen LogP) is 4.17. The largest absolute Gasteiger partial charge is 0.469 e. The molecule has 1 heterocycles. The van der Waals surface area contributed by atoms with Crippen molar-refractivity contribution in [2.24, 2.45) is 0 Å². The zero-order chi connectivity index (χ0) is 14.7. The molecule has 4 heteroatoms. The molecule has 0 fully saturated rings. The lowest BCUT2D eigenvalue weighted by atomic mass is 9.93. The zero-order valence-corrected chi connectivity index (χ0v) is 13.4. The molecule has 3 nitrogen and oxygen atoms in total. The van der Waals surface area contributed by atoms with Gasteiger partial charge >= 0.3 is 0 Å². The molecule has 0 spiro atoms. The topological polar surface area (TPSA) is 42.2 Å². The average molecular weight is 348 g/mol. The second-order valence-electron chi connectivity index (χ2n) is 5.40. The standard InChI is InChI=1S/C17H18BrNO2/c18-14-5-2-1-4-12(14)8-9-17(20)19-15-6-3-7-16-13(15)10-11-21-16/h1-2,4-5,10-11,15H,3,6-9H2,(H,19,20). The number of nitrogens with one attached hydrogen (secondary N) is 1. The normalized spacial score (nSPS) is 17.3. The Bertz CT molecular complexity index is 635. The first-order chi connectivity index (χ1) is 10.2. The third-order valence-corrected chi connectivity index (χ3v) is 4.74. The number of fused-ring (bicyclic) bond motifs is 1. The van der Waals surface area contributed by atoms with Crippen LogP contribution in [0.1, 0.15) is 42.2 Å². The average Bonchev–Trinajstić information content (AvgIpc) is 2.96. The van der Waals surface area contributed by atoms with E-state index in [4.69, 9.17) is 4.42 Å². The van der Waals surface area contributed by atoms with Gasteiger partial charge in [0, 0.05) is 22.9 Å². The molecule has 1 aliphatic carbocycles. The highest BCUT2D eigenvalue weighted by atomic mass is 79.9. The minimum Gasteiger partial charge on any atom is -0.469 e. The molecule has 3 rings (SSSR count). The number of rotatable bonds is 4. The lowest BCUT2D eigenvalue weighted by Gasteiger charge is -2.22. The molecule has 1 aromatic carbocycles. The van der Waals surface area contributed by atoms with E-state index in [0.717, 1.165) is 41.5 Å². The summed E-state index contributed by atoms with van der Waals surface area (Å²) in [6.07, 6.45) is 6.01. The van der Waals surface area contributed by atoms with Crippen molar-refractivity contribution < 1.29 is 9.21 Å². The SMILES string of the molecule is O=C(CCc1ccccc1Br)NC1CCCc2occc21. The van der Waals surface area contributed by atoms with E-state index >= 15 is 0 Å². The van der Waals surface area contributed by atoms with Crippen LogP contribution in [-0.2, 0) is 17.6 Å². The second kappa shape index (κ2) is 6.48. The fourth-order valence-electron chi connectivity index (χ4n) is 2.85. The minimum atomic E-state index is 0.102. The lowest BCUT2D eigenvalue weighted by Crippen LogP contribution is -2.30. The van der Waals surface area contributed by atoms with Crippen molar-refractivity contribution >= 4 is 21.8 Å². The molecule has 0 saturated carbocycles. The molecular weight excluding hydrogens is 330 g/mol. The molecule has 1 amide bonds. The zero-order valence-electron chi connectivity index (χ0n) is 11.8. The highest BCUT2D eigenvalue weighted by Gasteiger charge is 2.23. The predicted molar refractivity (Wildman–Crippen MR) is 85.0 cm³/mol. The van der Waals surface area contributed by atoms with Gasteiger partial charge in [0.05, 0.1) is 12.3 Å². The van der Waals surface area contributed by atoms with Crippen LogP contribution in [0.5, 0.6) is 0 Å². The van der Waals surface area contributed by atoms with Crippen molar-refractivity contribution in [2.45, 2.75) is 38.1 Å². The summed E-state index contributed by atoms with van der Waals surface area (Å²) in [6.45, 7) is 0. The quantitative estimate of drug-likeness (QED) is 0.901. The molecule has 0 saturated heterocycles. The van der Waals surface area contributed by atoms with Crippen LogP contribution in [0.2, 0.25) is 0 Å². The van der Waals surface area contributed by atoms with Gasteiger partial charge in [-0.25, -0.2) is 0 Å². The minimum absolute atomic E-state index is 0.102. The first kappa shape index (κ1) is 14.4. The Hall–Kier alpha value is -1.55. The van der Waals surface area contributed by atoms with Crippen molar-refractivity contribution in [3.05, 3.63) is 58.0 Å². The number of hydrogen-bond acceptors (Lipinski definition) is 2. The van der Waals surface area contributed by atoms with Gasteiger partial charge in [0.1, 0.15) is 5.76 Å². The molecule has 1 N–H and O–H groups in total. The van der Waals surface area contributed by atoms with Gasteiger partial charge in [0.15, 0.2) is 0 Å². The van der Waals surface area contributed by atoms with Crippen LogP contribution in [0.4, 0.5) is 0 Å². The summed E-state index contributed by atoms with van der Waals surface area (Å²) in [4.78, 5) is 12.2. The van der Waals surface area contributed by atoms with Crippen LogP contribution < -0.4 is 5.32 Å². The van der Waals surface area contributed by atoms with Gasteiger partial charge < -0.3 is 9.73 Å². The molecular formula is C17H18BrNO2. The number of halogens is 1. The summed E-state index contributed by atoms with van der Waals surface area (Å²) < 4.78 is 6.52. The molecule has 0 bridgehead atoms. The number of benzene rings is 1. The molecule has 1 aliphatic rings. The maximum absolute atomic E-state index is 12.2. The van der Waals surface area contributed by atoms with E-state index in [1.54, 1.807) is 6.26 Å². The van der Waals surface area contributed by atoms with E-state index in [-0.39, 0.29) is 11.9 Å². The molecule has 110 valence electrons. The molecule has 21 heavy (non-hydrogen) atoms. The van der Waals surface area contributed by atoms with E-state index in [1.165, 1.54) is 5.56 Å². The Morgan fingerprint density at radius 3 is 3.05 bits per heavy atom. The second-order valence-corrected chi connectivity index (χ2v) is 6.26. The van der Waals surface area contributed by atoms with Crippen LogP contribution in [0.25, 0.3) is 0 Å². The fraction of sp³-hybridized carbons (Fsp3) is 0.353. The van der Waals surface area contributed by atoms with Gasteiger partial charge in [-0.05, 0) is 37.0 Å². The van der Waals surface area contributed by atoms with Gasteiger partial charge in [-0.15, -0.1) is 0 Å². The smallest absolute Gasteiger partial charge is 0.220 e. The van der Waals surface area contributed by atoms with Gasteiger partial charge in [0.25, 0.3) is 0 Å². The summed E-state index contributed by atoms with van der Waals surface area (Å²) >= 11 is 3.52. The maximum atomic E-state index is 12.2. The molecule has 1 aromatic heterocycles. The van der Waals surface area contributed by atoms with Crippen molar-refractivity contribution in [1.82, 2.24) is 5.32 Å². The molecule has 0 aliphatic heterocycles. The van der Waals surface area contributed by atoms with Gasteiger partial charge in [-0.1, -0.05) is 34.1 Å². The summed E-state index contributed by atoms with van der Waals surface area (Å²) in [5, 5.41) is 3.14. The number of furan rings is 1. The van der Waals surface area contributed by atoms with E-state index in [2.05, 4.69) is 21.2 Å². The number of amides is 1.